The highest BCUT2D eigenvalue weighted by Crippen LogP contribution is 2.32. The lowest BCUT2D eigenvalue weighted by molar-refractivity contribution is 0.195. The van der Waals surface area contributed by atoms with E-state index in [4.69, 9.17) is 9.26 Å². The second-order valence-electron chi connectivity index (χ2n) is 7.67. The maximum absolute atomic E-state index is 13.8. The highest BCUT2D eigenvalue weighted by atomic mass is 19.1. The number of halogens is 1. The minimum absolute atomic E-state index is 0.155. The summed E-state index contributed by atoms with van der Waals surface area (Å²) in [4.78, 5) is 18.7. The fourth-order valence-electron chi connectivity index (χ4n) is 3.73. The van der Waals surface area contributed by atoms with Crippen LogP contribution in [-0.4, -0.2) is 40.3 Å². The highest BCUT2D eigenvalue weighted by Gasteiger charge is 2.29. The molecule has 166 valence electrons. The third-order valence-corrected chi connectivity index (χ3v) is 5.42. The molecule has 1 fully saturated rings. The zero-order valence-electron chi connectivity index (χ0n) is 17.6. The Bertz CT molecular complexity index is 1260. The first-order valence-corrected chi connectivity index (χ1v) is 10.6. The van der Waals surface area contributed by atoms with Gasteiger partial charge in [0.1, 0.15) is 17.7 Å². The van der Waals surface area contributed by atoms with Crippen molar-refractivity contribution in [2.24, 2.45) is 0 Å². The fraction of sp³-hybridized carbons (Fsp3) is 0.160. The first kappa shape index (κ1) is 20.7. The Morgan fingerprint density at radius 2 is 1.79 bits per heavy atom. The number of nitrogens with one attached hydrogen (secondary N) is 1. The van der Waals surface area contributed by atoms with E-state index in [9.17, 15) is 9.18 Å². The number of hydrogen-bond donors (Lipinski definition) is 1. The molecule has 5 rings (SSSR count). The number of amides is 2. The van der Waals surface area contributed by atoms with E-state index in [-0.39, 0.29) is 17.8 Å². The normalized spacial score (nSPS) is 15.4. The van der Waals surface area contributed by atoms with Gasteiger partial charge in [0, 0.05) is 18.5 Å². The van der Waals surface area contributed by atoms with Gasteiger partial charge < -0.3 is 19.5 Å². The summed E-state index contributed by atoms with van der Waals surface area (Å²) in [6.07, 6.45) is 0.437. The minimum Gasteiger partial charge on any atom is -0.488 e. The topological polar surface area (TPSA) is 80.5 Å². The van der Waals surface area contributed by atoms with Gasteiger partial charge in [0.25, 0.3) is 5.89 Å². The van der Waals surface area contributed by atoms with Gasteiger partial charge >= 0.3 is 6.03 Å². The van der Waals surface area contributed by atoms with E-state index in [1.807, 2.05) is 54.6 Å². The molecular weight excluding hydrogens is 423 g/mol. The number of anilines is 1. The monoisotopic (exact) mass is 444 g/mol. The molecule has 4 aromatic rings. The van der Waals surface area contributed by atoms with Crippen molar-refractivity contribution in [2.45, 2.75) is 12.5 Å². The minimum atomic E-state index is -0.471. The molecule has 2 heterocycles. The van der Waals surface area contributed by atoms with Crippen molar-refractivity contribution < 1.29 is 18.4 Å². The second-order valence-corrected chi connectivity index (χ2v) is 7.67. The van der Waals surface area contributed by atoms with Gasteiger partial charge in [-0.05, 0) is 24.3 Å². The van der Waals surface area contributed by atoms with Crippen molar-refractivity contribution in [3.05, 3.63) is 84.7 Å². The smallest absolute Gasteiger partial charge is 0.322 e. The lowest BCUT2D eigenvalue weighted by atomic mass is 10.2. The van der Waals surface area contributed by atoms with Gasteiger partial charge in [-0.25, -0.2) is 9.18 Å². The summed E-state index contributed by atoms with van der Waals surface area (Å²) < 4.78 is 25.5. The Labute approximate surface area is 189 Å². The number of urea groups is 1. The van der Waals surface area contributed by atoms with Gasteiger partial charge in [0.05, 0.1) is 17.8 Å². The molecule has 8 heteroatoms. The van der Waals surface area contributed by atoms with E-state index >= 15 is 0 Å². The number of ether oxygens (including phenoxy) is 1. The zero-order chi connectivity index (χ0) is 22.6. The average Bonchev–Trinajstić information content (AvgIpc) is 3.52. The SMILES string of the molecule is O=C(Nc1ccccc1F)N1CCC(Oc2ccccc2-c2nc(-c3ccccc3)no2)C1. The van der Waals surface area contributed by atoms with Crippen LogP contribution < -0.4 is 10.1 Å². The van der Waals surface area contributed by atoms with Crippen LogP contribution in [-0.2, 0) is 0 Å². The molecule has 1 N–H and O–H groups in total. The number of hydrogen-bond acceptors (Lipinski definition) is 5. The summed E-state index contributed by atoms with van der Waals surface area (Å²) in [6.45, 7) is 0.888. The van der Waals surface area contributed by atoms with Crippen molar-refractivity contribution in [3.8, 4) is 28.6 Å². The van der Waals surface area contributed by atoms with Crippen LogP contribution in [0, 0.1) is 5.82 Å². The molecule has 1 saturated heterocycles. The Morgan fingerprint density at radius 3 is 2.64 bits per heavy atom. The highest BCUT2D eigenvalue weighted by molar-refractivity contribution is 5.89. The van der Waals surface area contributed by atoms with E-state index < -0.39 is 5.82 Å². The lowest BCUT2D eigenvalue weighted by Gasteiger charge is -2.18. The van der Waals surface area contributed by atoms with E-state index in [1.54, 1.807) is 17.0 Å². The molecule has 3 aromatic carbocycles. The van der Waals surface area contributed by atoms with Gasteiger partial charge in [-0.3, -0.25) is 0 Å². The van der Waals surface area contributed by atoms with E-state index in [1.165, 1.54) is 12.1 Å². The Morgan fingerprint density at radius 1 is 1.03 bits per heavy atom. The van der Waals surface area contributed by atoms with Gasteiger partial charge in [-0.15, -0.1) is 0 Å². The van der Waals surface area contributed by atoms with Crippen molar-refractivity contribution in [2.75, 3.05) is 18.4 Å². The molecule has 1 atom stereocenters. The Balaban J connectivity index is 1.27. The van der Waals surface area contributed by atoms with Crippen LogP contribution >= 0.6 is 0 Å². The van der Waals surface area contributed by atoms with Gasteiger partial charge in [-0.1, -0.05) is 59.8 Å². The number of para-hydroxylation sites is 2. The summed E-state index contributed by atoms with van der Waals surface area (Å²) in [6, 6.07) is 22.7. The van der Waals surface area contributed by atoms with Crippen LogP contribution in [0.2, 0.25) is 0 Å². The van der Waals surface area contributed by atoms with Gasteiger partial charge in [0.15, 0.2) is 0 Å². The summed E-state index contributed by atoms with van der Waals surface area (Å²) in [5, 5.41) is 6.70. The lowest BCUT2D eigenvalue weighted by Crippen LogP contribution is -2.34. The summed E-state index contributed by atoms with van der Waals surface area (Å²) in [5.74, 6) is 0.984. The molecule has 0 saturated carbocycles. The molecule has 1 aromatic heterocycles. The number of aromatic nitrogens is 2. The van der Waals surface area contributed by atoms with Crippen LogP contribution in [0.3, 0.4) is 0 Å². The van der Waals surface area contributed by atoms with Crippen LogP contribution in [0.4, 0.5) is 14.9 Å². The number of carbonyl (C=O) groups excluding carboxylic acids is 1. The van der Waals surface area contributed by atoms with Gasteiger partial charge in [-0.2, -0.15) is 4.98 Å². The van der Waals surface area contributed by atoms with Gasteiger partial charge in [0.2, 0.25) is 5.82 Å². The number of likely N-dealkylation sites (tertiary alicyclic amines) is 1. The van der Waals surface area contributed by atoms with Crippen molar-refractivity contribution in [1.29, 1.82) is 0 Å². The number of benzene rings is 3. The van der Waals surface area contributed by atoms with Crippen molar-refractivity contribution in [3.63, 3.8) is 0 Å². The molecule has 33 heavy (non-hydrogen) atoms. The standard InChI is InChI=1S/C25H21FN4O3/c26-20-11-5-6-12-21(20)27-25(31)30-15-14-18(16-30)32-22-13-7-4-10-19(22)24-28-23(29-33-24)17-8-2-1-3-9-17/h1-13,18H,14-16H2,(H,27,31). The quantitative estimate of drug-likeness (QED) is 0.456. The van der Waals surface area contributed by atoms with E-state index in [0.29, 0.717) is 42.5 Å². The first-order chi connectivity index (χ1) is 16.2. The van der Waals surface area contributed by atoms with Crippen molar-refractivity contribution in [1.82, 2.24) is 15.0 Å². The zero-order valence-corrected chi connectivity index (χ0v) is 17.6. The third-order valence-electron chi connectivity index (χ3n) is 5.42. The van der Waals surface area contributed by atoms with E-state index in [2.05, 4.69) is 15.5 Å². The molecule has 0 radical (unpaired) electrons. The number of rotatable bonds is 5. The summed E-state index contributed by atoms with van der Waals surface area (Å²) >= 11 is 0. The van der Waals surface area contributed by atoms with E-state index in [0.717, 1.165) is 5.56 Å². The summed E-state index contributed by atoms with van der Waals surface area (Å²) in [7, 11) is 0. The second kappa shape index (κ2) is 9.12. The molecule has 1 aliphatic heterocycles. The van der Waals surface area contributed by atoms with Crippen LogP contribution in [0.1, 0.15) is 6.42 Å². The number of nitrogens with zero attached hydrogens (tertiary/aromatic N) is 3. The molecule has 0 bridgehead atoms. The molecule has 7 nitrogen and oxygen atoms in total. The predicted molar refractivity (Wildman–Crippen MR) is 121 cm³/mol. The number of carbonyl (C=O) groups is 1. The predicted octanol–water partition coefficient (Wildman–Crippen LogP) is 5.23. The fourth-order valence-corrected chi connectivity index (χ4v) is 3.73. The average molecular weight is 444 g/mol. The first-order valence-electron chi connectivity index (χ1n) is 10.6. The third kappa shape index (κ3) is 4.55. The van der Waals surface area contributed by atoms with Crippen molar-refractivity contribution >= 4 is 11.7 Å². The Hall–Kier alpha value is -4.20. The summed E-state index contributed by atoms with van der Waals surface area (Å²) in [5.41, 5.74) is 1.70. The maximum atomic E-state index is 13.8. The van der Waals surface area contributed by atoms with Crippen LogP contribution in [0.15, 0.2) is 83.4 Å². The Kier molecular flexibility index (Phi) is 5.72. The maximum Gasteiger partial charge on any atom is 0.322 e. The molecule has 0 spiro atoms. The van der Waals surface area contributed by atoms with Crippen LogP contribution in [0.25, 0.3) is 22.8 Å². The molecule has 0 aliphatic carbocycles. The molecular formula is C25H21FN4O3. The van der Waals surface area contributed by atoms with Crippen LogP contribution in [0.5, 0.6) is 5.75 Å². The largest absolute Gasteiger partial charge is 0.488 e. The molecule has 2 amide bonds. The molecule has 1 aliphatic rings. The molecule has 1 unspecified atom stereocenters.